The van der Waals surface area contributed by atoms with Crippen LogP contribution in [-0.2, 0) is 6.54 Å². The lowest BCUT2D eigenvalue weighted by Crippen LogP contribution is -2.32. The summed E-state index contributed by atoms with van der Waals surface area (Å²) >= 11 is 0. The zero-order valence-electron chi connectivity index (χ0n) is 29.8. The maximum Gasteiger partial charge on any atom is 0.0944 e. The molecule has 2 aliphatic heterocycles. The molecule has 0 saturated carbocycles. The van der Waals surface area contributed by atoms with E-state index in [0.29, 0.717) is 5.69 Å². The minimum Gasteiger partial charge on any atom is -0.396 e. The molecule has 0 radical (unpaired) electrons. The van der Waals surface area contributed by atoms with Crippen LogP contribution >= 0.6 is 0 Å². The lowest BCUT2D eigenvalue weighted by atomic mass is 9.96. The van der Waals surface area contributed by atoms with Gasteiger partial charge in [-0.2, -0.15) is 0 Å². The molecule has 1 unspecified atom stereocenters. The minimum atomic E-state index is 0.0770. The number of allylic oxidation sites excluding steroid dienone is 1. The van der Waals surface area contributed by atoms with Gasteiger partial charge >= 0.3 is 0 Å². The molecule has 0 spiro atoms. The molecule has 5 heteroatoms. The molecule has 0 amide bonds. The molecule has 258 valence electrons. The number of fused-ring (bicyclic) bond motifs is 5. The highest BCUT2D eigenvalue weighted by atomic mass is 15.0. The summed E-state index contributed by atoms with van der Waals surface area (Å²) in [4.78, 5) is 10.2. The number of rotatable bonds is 5. The third-order valence-corrected chi connectivity index (χ3v) is 10.8. The van der Waals surface area contributed by atoms with Crippen LogP contribution in [0.2, 0.25) is 0 Å². The second kappa shape index (κ2) is 12.9. The van der Waals surface area contributed by atoms with Gasteiger partial charge in [0.15, 0.2) is 0 Å². The smallest absolute Gasteiger partial charge is 0.0944 e. The van der Waals surface area contributed by atoms with E-state index in [1.54, 1.807) is 0 Å². The van der Waals surface area contributed by atoms with E-state index in [4.69, 9.17) is 15.7 Å². The lowest BCUT2D eigenvalue weighted by Gasteiger charge is -2.28. The Bertz CT molecular complexity index is 2900. The van der Waals surface area contributed by atoms with Crippen LogP contribution in [0.3, 0.4) is 0 Å². The molecule has 0 saturated heterocycles. The van der Waals surface area contributed by atoms with Crippen LogP contribution in [0.4, 0.5) is 11.4 Å². The van der Waals surface area contributed by atoms with Crippen LogP contribution < -0.4 is 16.4 Å². The van der Waals surface area contributed by atoms with Gasteiger partial charge < -0.3 is 16.4 Å². The Morgan fingerprint density at radius 1 is 0.648 bits per heavy atom. The summed E-state index contributed by atoms with van der Waals surface area (Å²) in [6.45, 7) is 2.83. The summed E-state index contributed by atoms with van der Waals surface area (Å²) in [7, 11) is 0. The van der Waals surface area contributed by atoms with Gasteiger partial charge in [0, 0.05) is 39.8 Å². The van der Waals surface area contributed by atoms with E-state index in [-0.39, 0.29) is 6.04 Å². The molecule has 0 aliphatic carbocycles. The first kappa shape index (κ1) is 31.7. The molecule has 6 aromatic carbocycles. The average molecular weight is 696 g/mol. The number of pyridine rings is 2. The number of hydrogen-bond acceptors (Lipinski definition) is 5. The van der Waals surface area contributed by atoms with Crippen LogP contribution in [0.5, 0.6) is 0 Å². The van der Waals surface area contributed by atoms with Crippen molar-refractivity contribution in [2.75, 3.05) is 11.1 Å². The van der Waals surface area contributed by atoms with E-state index in [0.717, 1.165) is 78.6 Å². The Labute approximate surface area is 314 Å². The van der Waals surface area contributed by atoms with Gasteiger partial charge in [0.05, 0.1) is 34.2 Å². The largest absolute Gasteiger partial charge is 0.396 e. The molecule has 0 bridgehead atoms. The quantitative estimate of drug-likeness (QED) is 0.156. The van der Waals surface area contributed by atoms with Gasteiger partial charge in [0.25, 0.3) is 0 Å². The standard InChI is InChI=1S/C49H37N5/c1-2-5-32-10-11-33-20-22-43(54-49(33)48(32)50)39-17-15-35-24-36(13-14-37(35)25-39)38-12-8-30-18-21-42(52-45(30)26-38)40-16-9-31-19-23-44(53-46(31)28-40)47-27-34-6-3-4-7-41(34)29-51-47/h2-28,44,51,53H,29,50H2,1H3/b5-2-. The van der Waals surface area contributed by atoms with Crippen LogP contribution in [0.15, 0.2) is 151 Å². The first-order chi connectivity index (χ1) is 26.6. The normalized spacial score (nSPS) is 14.8. The molecule has 10 rings (SSSR count). The highest BCUT2D eigenvalue weighted by molar-refractivity contribution is 5.97. The van der Waals surface area contributed by atoms with E-state index in [1.807, 2.05) is 25.1 Å². The van der Waals surface area contributed by atoms with Gasteiger partial charge in [-0.15, -0.1) is 0 Å². The van der Waals surface area contributed by atoms with Gasteiger partial charge in [-0.25, -0.2) is 9.97 Å². The fourth-order valence-corrected chi connectivity index (χ4v) is 7.79. The maximum absolute atomic E-state index is 6.52. The molecule has 0 fully saturated rings. The number of aromatic nitrogens is 2. The number of hydrogen-bond donors (Lipinski definition) is 3. The number of nitrogen functional groups attached to an aromatic ring is 1. The van der Waals surface area contributed by atoms with E-state index < -0.39 is 0 Å². The summed E-state index contributed by atoms with van der Waals surface area (Å²) in [5.74, 6) is 0. The van der Waals surface area contributed by atoms with Crippen molar-refractivity contribution < 1.29 is 0 Å². The van der Waals surface area contributed by atoms with Crippen molar-refractivity contribution in [2.45, 2.75) is 19.5 Å². The van der Waals surface area contributed by atoms with Gasteiger partial charge in [-0.1, -0.05) is 121 Å². The molecular weight excluding hydrogens is 659 g/mol. The predicted octanol–water partition coefficient (Wildman–Crippen LogP) is 11.5. The molecule has 2 aliphatic rings. The second-order valence-electron chi connectivity index (χ2n) is 14.2. The predicted molar refractivity (Wildman–Crippen MR) is 228 cm³/mol. The highest BCUT2D eigenvalue weighted by Gasteiger charge is 2.20. The van der Waals surface area contributed by atoms with Crippen molar-refractivity contribution in [2.24, 2.45) is 0 Å². The summed E-state index contributed by atoms with van der Waals surface area (Å²) in [6, 6.07) is 47.5. The van der Waals surface area contributed by atoms with Crippen LogP contribution in [0, 0.1) is 0 Å². The van der Waals surface area contributed by atoms with Crippen LogP contribution in [0.1, 0.15) is 29.2 Å². The first-order valence-corrected chi connectivity index (χ1v) is 18.5. The lowest BCUT2D eigenvalue weighted by molar-refractivity contribution is 0.751. The Hall–Kier alpha value is -6.98. The Morgan fingerprint density at radius 3 is 2.20 bits per heavy atom. The zero-order chi connectivity index (χ0) is 36.2. The van der Waals surface area contributed by atoms with Gasteiger partial charge in [0.2, 0.25) is 0 Å². The van der Waals surface area contributed by atoms with Crippen LogP contribution in [0.25, 0.3) is 84.4 Å². The fraction of sp³-hybridized carbons (Fsp3) is 0.0612. The highest BCUT2D eigenvalue weighted by Crippen LogP contribution is 2.34. The van der Waals surface area contributed by atoms with Crippen molar-refractivity contribution in [3.8, 4) is 33.6 Å². The van der Waals surface area contributed by atoms with Crippen molar-refractivity contribution in [1.29, 1.82) is 0 Å². The van der Waals surface area contributed by atoms with Gasteiger partial charge in [-0.3, -0.25) is 0 Å². The van der Waals surface area contributed by atoms with E-state index in [9.17, 15) is 0 Å². The fourth-order valence-electron chi connectivity index (χ4n) is 7.79. The van der Waals surface area contributed by atoms with Crippen LogP contribution in [-0.4, -0.2) is 16.0 Å². The molecule has 4 heterocycles. The molecular formula is C49H37N5. The maximum atomic E-state index is 6.52. The summed E-state index contributed by atoms with van der Waals surface area (Å²) in [5.41, 5.74) is 22.4. The molecule has 8 aromatic rings. The summed E-state index contributed by atoms with van der Waals surface area (Å²) < 4.78 is 0. The molecule has 4 N–H and O–H groups in total. The van der Waals surface area contributed by atoms with Gasteiger partial charge in [0.1, 0.15) is 0 Å². The summed E-state index contributed by atoms with van der Waals surface area (Å²) in [6.07, 6.45) is 10.7. The Morgan fingerprint density at radius 2 is 1.33 bits per heavy atom. The third kappa shape index (κ3) is 5.67. The number of nitrogens with one attached hydrogen (secondary N) is 2. The minimum absolute atomic E-state index is 0.0770. The molecule has 5 nitrogen and oxygen atoms in total. The first-order valence-electron chi connectivity index (χ1n) is 18.5. The van der Waals surface area contributed by atoms with Crippen molar-refractivity contribution >= 4 is 62.2 Å². The van der Waals surface area contributed by atoms with E-state index in [1.165, 1.54) is 27.8 Å². The van der Waals surface area contributed by atoms with Crippen molar-refractivity contribution in [3.63, 3.8) is 0 Å². The van der Waals surface area contributed by atoms with Crippen molar-refractivity contribution in [3.05, 3.63) is 174 Å². The number of anilines is 2. The topological polar surface area (TPSA) is 75.9 Å². The Kier molecular flexibility index (Phi) is 7.58. The van der Waals surface area contributed by atoms with Crippen molar-refractivity contribution in [1.82, 2.24) is 15.3 Å². The van der Waals surface area contributed by atoms with E-state index >= 15 is 0 Å². The molecule has 54 heavy (non-hydrogen) atoms. The number of nitrogens with two attached hydrogens (primary N) is 1. The number of benzene rings is 6. The SMILES string of the molecule is C/C=C\c1ccc2ccc(-c3ccc4cc(-c5ccc6ccc(-c7ccc8c(c7)NC(C7=Cc9ccccc9CN7)C=C8)nc6c5)ccc4c3)nc2c1N. The monoisotopic (exact) mass is 695 g/mol. The van der Waals surface area contributed by atoms with E-state index in [2.05, 4.69) is 156 Å². The Balaban J connectivity index is 0.924. The zero-order valence-corrected chi connectivity index (χ0v) is 29.8. The molecule has 1 atom stereocenters. The average Bonchev–Trinajstić information content (AvgIpc) is 3.23. The molecule has 2 aromatic heterocycles. The summed E-state index contributed by atoms with van der Waals surface area (Å²) in [5, 5.41) is 11.9. The van der Waals surface area contributed by atoms with Gasteiger partial charge in [-0.05, 0) is 93.6 Å². The number of nitrogens with zero attached hydrogens (tertiary/aromatic N) is 2. The second-order valence-corrected chi connectivity index (χ2v) is 14.2. The third-order valence-electron chi connectivity index (χ3n) is 10.8.